The molecule has 0 atom stereocenters. The fraction of sp³-hybridized carbons (Fsp3) is 0.0588. The molecular weight excluding hydrogens is 390 g/mol. The molecule has 0 aliphatic carbocycles. The molecule has 0 unspecified atom stereocenters. The summed E-state index contributed by atoms with van der Waals surface area (Å²) in [5, 5.41) is 5.80. The fourth-order valence-corrected chi connectivity index (χ4v) is 3.43. The van der Waals surface area contributed by atoms with Crippen molar-refractivity contribution in [3.8, 4) is 10.8 Å². The molecule has 1 aromatic carbocycles. The molecule has 3 aromatic heterocycles. The Bertz CT molecular complexity index is 1000. The molecule has 4 rings (SSSR count). The van der Waals surface area contributed by atoms with Gasteiger partial charge in [0.25, 0.3) is 5.91 Å². The Morgan fingerprint density at radius 2 is 2.25 bits per heavy atom. The number of thiophene rings is 1. The summed E-state index contributed by atoms with van der Waals surface area (Å²) in [5.41, 5.74) is 2.13. The number of aromatic amines is 1. The van der Waals surface area contributed by atoms with E-state index in [0.717, 1.165) is 20.3 Å². The summed E-state index contributed by atoms with van der Waals surface area (Å²) >= 11 is 4.99. The van der Waals surface area contributed by atoms with Crippen LogP contribution in [0.2, 0.25) is 0 Å². The van der Waals surface area contributed by atoms with E-state index in [2.05, 4.69) is 31.2 Å². The van der Waals surface area contributed by atoms with Gasteiger partial charge in [-0.3, -0.25) is 4.79 Å². The van der Waals surface area contributed by atoms with Crippen LogP contribution < -0.4 is 5.32 Å². The first-order valence-electron chi connectivity index (χ1n) is 7.24. The smallest absolute Gasteiger partial charge is 0.268 e. The van der Waals surface area contributed by atoms with E-state index in [1.54, 1.807) is 17.6 Å². The van der Waals surface area contributed by atoms with Gasteiger partial charge >= 0.3 is 0 Å². The van der Waals surface area contributed by atoms with Crippen molar-refractivity contribution in [1.29, 1.82) is 0 Å². The number of aromatic nitrogens is 2. The van der Waals surface area contributed by atoms with Gasteiger partial charge in [-0.25, -0.2) is 4.98 Å². The van der Waals surface area contributed by atoms with Gasteiger partial charge < -0.3 is 14.7 Å². The van der Waals surface area contributed by atoms with E-state index in [1.807, 2.05) is 41.8 Å². The summed E-state index contributed by atoms with van der Waals surface area (Å²) in [6.45, 7) is 0.312. The van der Waals surface area contributed by atoms with E-state index in [4.69, 9.17) is 4.42 Å². The van der Waals surface area contributed by atoms with E-state index in [-0.39, 0.29) is 5.91 Å². The standard InChI is InChI=1S/C17H12BrN3O2S/c18-11-3-4-13-10(6-11)7-14(21-13)16(22)19-8-12-9-23-17(20-12)15-2-1-5-24-15/h1-7,9,21H,8H2,(H,19,22). The van der Waals surface area contributed by atoms with Gasteiger partial charge in [-0.15, -0.1) is 11.3 Å². The van der Waals surface area contributed by atoms with Gasteiger partial charge in [0.05, 0.1) is 17.1 Å². The largest absolute Gasteiger partial charge is 0.443 e. The molecule has 0 fully saturated rings. The summed E-state index contributed by atoms with van der Waals surface area (Å²) in [4.78, 5) is 20.8. The fourth-order valence-electron chi connectivity index (χ4n) is 2.39. The Labute approximate surface area is 149 Å². The van der Waals surface area contributed by atoms with Crippen molar-refractivity contribution >= 4 is 44.1 Å². The number of benzene rings is 1. The van der Waals surface area contributed by atoms with Gasteiger partial charge in [0, 0.05) is 15.4 Å². The first kappa shape index (κ1) is 15.2. The average molecular weight is 402 g/mol. The second kappa shape index (κ2) is 6.26. The lowest BCUT2D eigenvalue weighted by Gasteiger charge is -2.00. The molecular formula is C17H12BrN3O2S. The maximum Gasteiger partial charge on any atom is 0.268 e. The molecule has 2 N–H and O–H groups in total. The number of carbonyl (C=O) groups excluding carboxylic acids is 1. The third kappa shape index (κ3) is 3.00. The minimum absolute atomic E-state index is 0.178. The summed E-state index contributed by atoms with van der Waals surface area (Å²) in [6.07, 6.45) is 1.57. The van der Waals surface area contributed by atoms with Crippen LogP contribution in [-0.4, -0.2) is 15.9 Å². The Kier molecular flexibility index (Phi) is 3.95. The monoisotopic (exact) mass is 401 g/mol. The predicted octanol–water partition coefficient (Wildman–Crippen LogP) is 4.58. The summed E-state index contributed by atoms with van der Waals surface area (Å²) in [6, 6.07) is 11.5. The van der Waals surface area contributed by atoms with Crippen molar-refractivity contribution in [3.63, 3.8) is 0 Å². The van der Waals surface area contributed by atoms with Crippen molar-refractivity contribution in [2.75, 3.05) is 0 Å². The van der Waals surface area contributed by atoms with Crippen molar-refractivity contribution in [2.45, 2.75) is 6.54 Å². The van der Waals surface area contributed by atoms with E-state index in [9.17, 15) is 4.79 Å². The molecule has 0 aliphatic heterocycles. The van der Waals surface area contributed by atoms with Gasteiger partial charge in [-0.2, -0.15) is 0 Å². The average Bonchev–Trinajstić information content (AvgIpc) is 3.30. The normalized spacial score (nSPS) is 11.0. The molecule has 7 heteroatoms. The van der Waals surface area contributed by atoms with Crippen LogP contribution in [0.1, 0.15) is 16.2 Å². The van der Waals surface area contributed by atoms with E-state index in [1.165, 1.54) is 0 Å². The van der Waals surface area contributed by atoms with Crippen molar-refractivity contribution in [1.82, 2.24) is 15.3 Å². The third-order valence-corrected chi connectivity index (χ3v) is 4.89. The highest BCUT2D eigenvalue weighted by Gasteiger charge is 2.12. The van der Waals surface area contributed by atoms with Crippen LogP contribution >= 0.6 is 27.3 Å². The first-order valence-corrected chi connectivity index (χ1v) is 8.91. The molecule has 120 valence electrons. The van der Waals surface area contributed by atoms with Crippen LogP contribution in [0.15, 0.2) is 56.9 Å². The molecule has 0 aliphatic rings. The highest BCUT2D eigenvalue weighted by molar-refractivity contribution is 9.10. The number of oxazole rings is 1. The predicted molar refractivity (Wildman–Crippen MR) is 97.0 cm³/mol. The van der Waals surface area contributed by atoms with Crippen LogP contribution in [0.5, 0.6) is 0 Å². The molecule has 0 saturated carbocycles. The first-order chi connectivity index (χ1) is 11.7. The zero-order valence-electron chi connectivity index (χ0n) is 12.4. The number of nitrogens with one attached hydrogen (secondary N) is 2. The Balaban J connectivity index is 1.46. The van der Waals surface area contributed by atoms with E-state index >= 15 is 0 Å². The summed E-state index contributed by atoms with van der Waals surface area (Å²) in [7, 11) is 0. The Morgan fingerprint density at radius 3 is 3.08 bits per heavy atom. The number of hydrogen-bond donors (Lipinski definition) is 2. The van der Waals surface area contributed by atoms with Crippen LogP contribution in [0.3, 0.4) is 0 Å². The molecule has 5 nitrogen and oxygen atoms in total. The minimum atomic E-state index is -0.178. The zero-order chi connectivity index (χ0) is 16.5. The maximum absolute atomic E-state index is 12.3. The molecule has 24 heavy (non-hydrogen) atoms. The molecule has 1 amide bonds. The van der Waals surface area contributed by atoms with Gasteiger partial charge in [-0.1, -0.05) is 22.0 Å². The van der Waals surface area contributed by atoms with Crippen molar-refractivity contribution in [3.05, 3.63) is 63.9 Å². The Hall–Kier alpha value is -2.38. The SMILES string of the molecule is O=C(NCc1coc(-c2cccs2)n1)c1cc2cc(Br)ccc2[nH]1. The maximum atomic E-state index is 12.3. The number of hydrogen-bond acceptors (Lipinski definition) is 4. The van der Waals surface area contributed by atoms with Gasteiger partial charge in [0.1, 0.15) is 12.0 Å². The topological polar surface area (TPSA) is 70.9 Å². The van der Waals surface area contributed by atoms with E-state index in [0.29, 0.717) is 23.8 Å². The second-order valence-corrected chi connectivity index (χ2v) is 7.08. The lowest BCUT2D eigenvalue weighted by Crippen LogP contribution is -2.23. The van der Waals surface area contributed by atoms with Crippen LogP contribution in [0.25, 0.3) is 21.7 Å². The minimum Gasteiger partial charge on any atom is -0.443 e. The molecule has 4 aromatic rings. The van der Waals surface area contributed by atoms with Crippen LogP contribution in [0, 0.1) is 0 Å². The second-order valence-electron chi connectivity index (χ2n) is 5.22. The zero-order valence-corrected chi connectivity index (χ0v) is 14.8. The van der Waals surface area contributed by atoms with Crippen LogP contribution in [-0.2, 0) is 6.54 Å². The lowest BCUT2D eigenvalue weighted by molar-refractivity contribution is 0.0946. The van der Waals surface area contributed by atoms with Gasteiger partial charge in [0.15, 0.2) is 0 Å². The van der Waals surface area contributed by atoms with E-state index < -0.39 is 0 Å². The molecule has 0 spiro atoms. The number of carbonyl (C=O) groups is 1. The molecule has 0 bridgehead atoms. The van der Waals surface area contributed by atoms with Crippen molar-refractivity contribution < 1.29 is 9.21 Å². The number of halogens is 1. The molecule has 0 radical (unpaired) electrons. The number of amides is 1. The quantitative estimate of drug-likeness (QED) is 0.525. The Morgan fingerprint density at radius 1 is 1.33 bits per heavy atom. The molecule has 0 saturated heterocycles. The number of fused-ring (bicyclic) bond motifs is 1. The van der Waals surface area contributed by atoms with Crippen LogP contribution in [0.4, 0.5) is 0 Å². The summed E-state index contributed by atoms with van der Waals surface area (Å²) < 4.78 is 6.42. The number of rotatable bonds is 4. The van der Waals surface area contributed by atoms with Crippen molar-refractivity contribution in [2.24, 2.45) is 0 Å². The highest BCUT2D eigenvalue weighted by Crippen LogP contribution is 2.24. The summed E-state index contributed by atoms with van der Waals surface area (Å²) in [5.74, 6) is 0.396. The van der Waals surface area contributed by atoms with Gasteiger partial charge in [0.2, 0.25) is 5.89 Å². The van der Waals surface area contributed by atoms with Gasteiger partial charge in [-0.05, 0) is 35.7 Å². The molecule has 3 heterocycles. The number of H-pyrrole nitrogens is 1. The lowest BCUT2D eigenvalue weighted by atomic mass is 10.2. The third-order valence-electron chi connectivity index (χ3n) is 3.54. The number of nitrogens with zero attached hydrogens (tertiary/aromatic N) is 1. The highest BCUT2D eigenvalue weighted by atomic mass is 79.9.